The molecule has 1 atom stereocenters. The van der Waals surface area contributed by atoms with Crippen molar-refractivity contribution < 1.29 is 4.79 Å². The van der Waals surface area contributed by atoms with E-state index >= 15 is 0 Å². The lowest BCUT2D eigenvalue weighted by Crippen LogP contribution is -2.42. The van der Waals surface area contributed by atoms with Gasteiger partial charge < -0.3 is 10.6 Å². The van der Waals surface area contributed by atoms with E-state index in [0.29, 0.717) is 5.69 Å². The maximum atomic E-state index is 12.9. The monoisotopic (exact) mass is 298 g/mol. The second-order valence-electron chi connectivity index (χ2n) is 5.44. The van der Waals surface area contributed by atoms with Crippen molar-refractivity contribution in [2.45, 2.75) is 30.0 Å². The Bertz CT molecular complexity index is 670. The zero-order valence-electron chi connectivity index (χ0n) is 12.1. The van der Waals surface area contributed by atoms with Crippen molar-refractivity contribution in [2.24, 2.45) is 0 Å². The molecule has 3 nitrogen and oxygen atoms in total. The molecule has 0 saturated heterocycles. The van der Waals surface area contributed by atoms with E-state index in [9.17, 15) is 4.79 Å². The number of fused-ring (bicyclic) bond motifs is 1. The molecule has 1 aliphatic heterocycles. The van der Waals surface area contributed by atoms with Gasteiger partial charge >= 0.3 is 0 Å². The minimum absolute atomic E-state index is 0.102. The average molecular weight is 298 g/mol. The van der Waals surface area contributed by atoms with E-state index in [-0.39, 0.29) is 17.2 Å². The normalized spacial score (nSPS) is 18.0. The molecule has 0 aliphatic carbocycles. The first-order chi connectivity index (χ1) is 10.1. The predicted molar refractivity (Wildman–Crippen MR) is 88.5 cm³/mol. The fraction of sp³-hybridized carbons (Fsp3) is 0.235. The molecule has 1 amide bonds. The van der Waals surface area contributed by atoms with Gasteiger partial charge in [-0.05, 0) is 37.6 Å². The van der Waals surface area contributed by atoms with Crippen molar-refractivity contribution in [1.29, 1.82) is 0 Å². The molecule has 0 radical (unpaired) electrons. The topological polar surface area (TPSA) is 46.3 Å². The van der Waals surface area contributed by atoms with E-state index in [0.717, 1.165) is 16.1 Å². The number of hydrogen-bond acceptors (Lipinski definition) is 3. The van der Waals surface area contributed by atoms with Gasteiger partial charge in [0, 0.05) is 16.6 Å². The number of carbonyl (C=O) groups is 1. The van der Waals surface area contributed by atoms with Crippen molar-refractivity contribution in [2.75, 3.05) is 10.6 Å². The highest BCUT2D eigenvalue weighted by molar-refractivity contribution is 8.00. The summed E-state index contributed by atoms with van der Waals surface area (Å²) in [4.78, 5) is 15.9. The molecule has 2 aromatic carbocycles. The van der Waals surface area contributed by atoms with Gasteiger partial charge in [0.1, 0.15) is 5.25 Å². The summed E-state index contributed by atoms with van der Waals surface area (Å²) in [5, 5.41) is -0.190. The summed E-state index contributed by atoms with van der Waals surface area (Å²) in [6.45, 7) is 4.06. The van der Waals surface area contributed by atoms with Crippen LogP contribution in [0.15, 0.2) is 53.4 Å². The van der Waals surface area contributed by atoms with Crippen LogP contribution >= 0.6 is 11.8 Å². The zero-order chi connectivity index (χ0) is 15.0. The Balaban J connectivity index is 2.09. The van der Waals surface area contributed by atoms with Crippen LogP contribution in [0.5, 0.6) is 0 Å². The highest BCUT2D eigenvalue weighted by Gasteiger charge is 2.35. The molecule has 108 valence electrons. The number of benzene rings is 2. The first kappa shape index (κ1) is 14.0. The number of amides is 1. The number of carbonyl (C=O) groups excluding carboxylic acids is 1. The molecular formula is C17H18N2OS. The van der Waals surface area contributed by atoms with Gasteiger partial charge in [0.05, 0.1) is 5.69 Å². The molecule has 0 saturated carbocycles. The Morgan fingerprint density at radius 2 is 1.86 bits per heavy atom. The molecule has 0 aromatic heterocycles. The zero-order valence-corrected chi connectivity index (χ0v) is 12.9. The fourth-order valence-electron chi connectivity index (χ4n) is 2.62. The Morgan fingerprint density at radius 1 is 1.14 bits per heavy atom. The Hall–Kier alpha value is -1.94. The number of anilines is 2. The van der Waals surface area contributed by atoms with Crippen molar-refractivity contribution in [3.05, 3.63) is 54.1 Å². The van der Waals surface area contributed by atoms with Gasteiger partial charge in [-0.3, -0.25) is 4.79 Å². The van der Waals surface area contributed by atoms with Gasteiger partial charge in [-0.15, -0.1) is 11.8 Å². The highest BCUT2D eigenvalue weighted by atomic mass is 32.2. The van der Waals surface area contributed by atoms with Crippen LogP contribution in [-0.4, -0.2) is 11.9 Å². The van der Waals surface area contributed by atoms with Crippen LogP contribution in [0.4, 0.5) is 11.4 Å². The van der Waals surface area contributed by atoms with E-state index in [1.54, 1.807) is 11.8 Å². The van der Waals surface area contributed by atoms with E-state index in [1.807, 2.05) is 67.3 Å². The minimum Gasteiger partial charge on any atom is -0.399 e. The van der Waals surface area contributed by atoms with Gasteiger partial charge in [0.15, 0.2) is 0 Å². The van der Waals surface area contributed by atoms with Gasteiger partial charge in [-0.2, -0.15) is 0 Å². The van der Waals surface area contributed by atoms with Crippen LogP contribution in [-0.2, 0) is 4.79 Å². The molecule has 0 bridgehead atoms. The maximum absolute atomic E-state index is 12.9. The molecule has 3 rings (SSSR count). The molecule has 4 heteroatoms. The molecule has 1 unspecified atom stereocenters. The maximum Gasteiger partial charge on any atom is 0.245 e. The van der Waals surface area contributed by atoms with Crippen LogP contribution in [0.3, 0.4) is 0 Å². The van der Waals surface area contributed by atoms with E-state index in [4.69, 9.17) is 5.73 Å². The number of nitrogens with two attached hydrogens (primary N) is 1. The molecule has 0 fully saturated rings. The van der Waals surface area contributed by atoms with Gasteiger partial charge in [-0.25, -0.2) is 0 Å². The van der Waals surface area contributed by atoms with E-state index in [2.05, 4.69) is 0 Å². The van der Waals surface area contributed by atoms with Crippen LogP contribution in [0.25, 0.3) is 0 Å². The molecule has 2 N–H and O–H groups in total. The van der Waals surface area contributed by atoms with E-state index < -0.39 is 0 Å². The van der Waals surface area contributed by atoms with Crippen LogP contribution in [0.1, 0.15) is 24.7 Å². The fourth-order valence-corrected chi connectivity index (χ4v) is 3.80. The quantitative estimate of drug-likeness (QED) is 0.856. The first-order valence-electron chi connectivity index (χ1n) is 7.02. The van der Waals surface area contributed by atoms with Crippen molar-refractivity contribution in [3.8, 4) is 0 Å². The van der Waals surface area contributed by atoms with Crippen LogP contribution in [0.2, 0.25) is 0 Å². The average Bonchev–Trinajstić information content (AvgIpc) is 2.47. The third kappa shape index (κ3) is 2.51. The standard InChI is InChI=1S/C17H18N2OS/c1-11(2)19-14-10-13(18)8-9-15(14)21-16(17(19)20)12-6-4-3-5-7-12/h3-11,16H,18H2,1-2H3. The lowest BCUT2D eigenvalue weighted by molar-refractivity contribution is -0.118. The summed E-state index contributed by atoms with van der Waals surface area (Å²) in [5.74, 6) is 0.124. The third-order valence-corrected chi connectivity index (χ3v) is 4.88. The molecule has 0 spiro atoms. The van der Waals surface area contributed by atoms with Gasteiger partial charge in [0.2, 0.25) is 5.91 Å². The Kier molecular flexibility index (Phi) is 3.64. The Labute approximate surface area is 129 Å². The largest absolute Gasteiger partial charge is 0.399 e. The molecule has 21 heavy (non-hydrogen) atoms. The summed E-state index contributed by atoms with van der Waals surface area (Å²) >= 11 is 1.60. The van der Waals surface area contributed by atoms with Crippen LogP contribution in [0, 0.1) is 0 Å². The van der Waals surface area contributed by atoms with Gasteiger partial charge in [-0.1, -0.05) is 30.3 Å². The lowest BCUT2D eigenvalue weighted by atomic mass is 10.1. The summed E-state index contributed by atoms with van der Waals surface area (Å²) in [6.07, 6.45) is 0. The number of thioether (sulfide) groups is 1. The summed E-state index contributed by atoms with van der Waals surface area (Å²) in [6, 6.07) is 15.8. The second kappa shape index (κ2) is 5.45. The summed E-state index contributed by atoms with van der Waals surface area (Å²) < 4.78 is 0. The minimum atomic E-state index is -0.190. The number of hydrogen-bond donors (Lipinski definition) is 1. The molecule has 1 heterocycles. The lowest BCUT2D eigenvalue weighted by Gasteiger charge is -2.36. The number of rotatable bonds is 2. The molecular weight excluding hydrogens is 280 g/mol. The molecule has 2 aromatic rings. The number of nitrogens with zero attached hydrogens (tertiary/aromatic N) is 1. The summed E-state index contributed by atoms with van der Waals surface area (Å²) in [7, 11) is 0. The smallest absolute Gasteiger partial charge is 0.245 e. The number of nitrogen functional groups attached to an aromatic ring is 1. The van der Waals surface area contributed by atoms with Crippen molar-refractivity contribution in [3.63, 3.8) is 0 Å². The third-order valence-electron chi connectivity index (χ3n) is 3.57. The first-order valence-corrected chi connectivity index (χ1v) is 7.90. The SMILES string of the molecule is CC(C)N1C(=O)C(c2ccccc2)Sc2ccc(N)cc21. The summed E-state index contributed by atoms with van der Waals surface area (Å²) in [5.41, 5.74) is 8.54. The second-order valence-corrected chi connectivity index (χ2v) is 6.58. The van der Waals surface area contributed by atoms with Crippen LogP contribution < -0.4 is 10.6 Å². The highest BCUT2D eigenvalue weighted by Crippen LogP contribution is 2.47. The van der Waals surface area contributed by atoms with Crippen molar-refractivity contribution in [1.82, 2.24) is 0 Å². The van der Waals surface area contributed by atoms with Gasteiger partial charge in [0.25, 0.3) is 0 Å². The predicted octanol–water partition coefficient (Wildman–Crippen LogP) is 3.86. The van der Waals surface area contributed by atoms with E-state index in [1.165, 1.54) is 0 Å². The van der Waals surface area contributed by atoms with Crippen molar-refractivity contribution >= 4 is 29.0 Å². The molecule has 1 aliphatic rings. The Morgan fingerprint density at radius 3 is 2.52 bits per heavy atom.